The fourth-order valence-corrected chi connectivity index (χ4v) is 2.06. The summed E-state index contributed by atoms with van der Waals surface area (Å²) in [7, 11) is 0. The number of aromatic nitrogens is 4. The lowest BCUT2D eigenvalue weighted by atomic mass is 10.2. The largest absolute Gasteiger partial charge is 0.396 e. The molecule has 0 aliphatic heterocycles. The number of nitrogens with zero attached hydrogens (tertiary/aromatic N) is 4. The van der Waals surface area contributed by atoms with E-state index in [2.05, 4.69) is 15.5 Å². The van der Waals surface area contributed by atoms with E-state index >= 15 is 0 Å². The Morgan fingerprint density at radius 1 is 1.10 bits per heavy atom. The predicted molar refractivity (Wildman–Crippen MR) is 73.9 cm³/mol. The van der Waals surface area contributed by atoms with Gasteiger partial charge in [-0.05, 0) is 40.8 Å². The fourth-order valence-electron chi connectivity index (χ4n) is 1.86. The molecule has 3 aromatic rings. The van der Waals surface area contributed by atoms with Crippen LogP contribution in [0.3, 0.4) is 0 Å². The third-order valence-corrected chi connectivity index (χ3v) is 3.18. The van der Waals surface area contributed by atoms with Gasteiger partial charge in [-0.2, -0.15) is 4.68 Å². The van der Waals surface area contributed by atoms with Crippen molar-refractivity contribution in [2.45, 2.75) is 0 Å². The van der Waals surface area contributed by atoms with E-state index in [1.807, 2.05) is 0 Å². The lowest BCUT2D eigenvalue weighted by Crippen LogP contribution is -2.02. The predicted octanol–water partition coefficient (Wildman–Crippen LogP) is 2.84. The molecule has 0 aliphatic rings. The van der Waals surface area contributed by atoms with E-state index in [1.54, 1.807) is 0 Å². The Balaban J connectivity index is 2.17. The Kier molecular flexibility index (Phi) is 3.26. The van der Waals surface area contributed by atoms with E-state index in [-0.39, 0.29) is 22.2 Å². The summed E-state index contributed by atoms with van der Waals surface area (Å²) < 4.78 is 27.9. The molecule has 3 rings (SSSR count). The molecule has 5 nitrogen and oxygen atoms in total. The van der Waals surface area contributed by atoms with Crippen molar-refractivity contribution >= 4 is 17.3 Å². The minimum absolute atomic E-state index is 0.0348. The summed E-state index contributed by atoms with van der Waals surface area (Å²) in [5, 5.41) is 11.5. The lowest BCUT2D eigenvalue weighted by Gasteiger charge is -2.07. The van der Waals surface area contributed by atoms with Gasteiger partial charge in [-0.3, -0.25) is 0 Å². The highest BCUT2D eigenvalue weighted by Gasteiger charge is 2.15. The second-order valence-electron chi connectivity index (χ2n) is 4.25. The number of anilines is 1. The average Bonchev–Trinajstić information content (AvgIpc) is 2.93. The molecular weight excluding hydrogens is 300 g/mol. The molecule has 0 saturated carbocycles. The quantitative estimate of drug-likeness (QED) is 0.739. The van der Waals surface area contributed by atoms with Crippen molar-refractivity contribution in [3.8, 4) is 17.1 Å². The Morgan fingerprint density at radius 2 is 1.90 bits per heavy atom. The highest BCUT2D eigenvalue weighted by atomic mass is 35.5. The highest BCUT2D eigenvalue weighted by Crippen LogP contribution is 2.26. The number of hydrogen-bond donors (Lipinski definition) is 1. The third kappa shape index (κ3) is 2.43. The van der Waals surface area contributed by atoms with Crippen LogP contribution in [0.5, 0.6) is 0 Å². The van der Waals surface area contributed by atoms with Gasteiger partial charge in [0.05, 0.1) is 16.4 Å². The SMILES string of the molecule is Nc1cc(-c2nnnn2-c2cc(F)ccc2Cl)ccc1F. The Labute approximate surface area is 123 Å². The van der Waals surface area contributed by atoms with Gasteiger partial charge >= 0.3 is 0 Å². The van der Waals surface area contributed by atoms with Crippen molar-refractivity contribution in [1.29, 1.82) is 0 Å². The third-order valence-electron chi connectivity index (χ3n) is 2.86. The molecular formula is C13H8ClF2N5. The van der Waals surface area contributed by atoms with E-state index in [0.717, 1.165) is 0 Å². The molecule has 0 atom stereocenters. The van der Waals surface area contributed by atoms with Crippen LogP contribution in [0.2, 0.25) is 5.02 Å². The van der Waals surface area contributed by atoms with Crippen LogP contribution in [-0.4, -0.2) is 20.2 Å². The molecule has 0 saturated heterocycles. The van der Waals surface area contributed by atoms with Gasteiger partial charge in [0.1, 0.15) is 11.6 Å². The smallest absolute Gasteiger partial charge is 0.187 e. The van der Waals surface area contributed by atoms with Gasteiger partial charge < -0.3 is 5.73 Å². The summed E-state index contributed by atoms with van der Waals surface area (Å²) in [6.07, 6.45) is 0. The summed E-state index contributed by atoms with van der Waals surface area (Å²) in [6, 6.07) is 7.90. The van der Waals surface area contributed by atoms with Gasteiger partial charge in [0.2, 0.25) is 0 Å². The van der Waals surface area contributed by atoms with Crippen molar-refractivity contribution in [1.82, 2.24) is 20.2 Å². The van der Waals surface area contributed by atoms with Crippen LogP contribution in [-0.2, 0) is 0 Å². The van der Waals surface area contributed by atoms with Crippen LogP contribution < -0.4 is 5.73 Å². The summed E-state index contributed by atoms with van der Waals surface area (Å²) in [5.41, 5.74) is 6.26. The number of tetrazole rings is 1. The molecule has 0 bridgehead atoms. The van der Waals surface area contributed by atoms with Crippen LogP contribution in [0.4, 0.5) is 14.5 Å². The Bertz CT molecular complexity index is 818. The summed E-state index contributed by atoms with van der Waals surface area (Å²) in [6.45, 7) is 0. The van der Waals surface area contributed by atoms with Gasteiger partial charge in [0.25, 0.3) is 0 Å². The van der Waals surface area contributed by atoms with Crippen molar-refractivity contribution in [2.24, 2.45) is 0 Å². The van der Waals surface area contributed by atoms with E-state index in [1.165, 1.54) is 41.1 Å². The maximum atomic E-state index is 13.4. The zero-order valence-electron chi connectivity index (χ0n) is 10.5. The molecule has 0 amide bonds. The molecule has 2 aromatic carbocycles. The van der Waals surface area contributed by atoms with Gasteiger partial charge in [-0.25, -0.2) is 8.78 Å². The molecule has 0 spiro atoms. The molecule has 8 heteroatoms. The monoisotopic (exact) mass is 307 g/mol. The van der Waals surface area contributed by atoms with E-state index in [0.29, 0.717) is 5.56 Å². The zero-order chi connectivity index (χ0) is 15.0. The first-order valence-electron chi connectivity index (χ1n) is 5.85. The molecule has 1 aromatic heterocycles. The van der Waals surface area contributed by atoms with Gasteiger partial charge in [-0.15, -0.1) is 5.10 Å². The second-order valence-corrected chi connectivity index (χ2v) is 4.65. The van der Waals surface area contributed by atoms with Crippen LogP contribution >= 0.6 is 11.6 Å². The number of rotatable bonds is 2. The summed E-state index contributed by atoms with van der Waals surface area (Å²) >= 11 is 6.04. The first kappa shape index (κ1) is 13.4. The molecule has 0 aliphatic carbocycles. The molecule has 0 unspecified atom stereocenters. The fraction of sp³-hybridized carbons (Fsp3) is 0. The molecule has 0 radical (unpaired) electrons. The number of nitrogens with two attached hydrogens (primary N) is 1. The zero-order valence-corrected chi connectivity index (χ0v) is 11.2. The van der Waals surface area contributed by atoms with E-state index in [4.69, 9.17) is 17.3 Å². The van der Waals surface area contributed by atoms with Gasteiger partial charge in [0, 0.05) is 11.6 Å². The summed E-state index contributed by atoms with van der Waals surface area (Å²) in [4.78, 5) is 0. The van der Waals surface area contributed by atoms with Crippen molar-refractivity contribution < 1.29 is 8.78 Å². The first-order valence-corrected chi connectivity index (χ1v) is 6.23. The van der Waals surface area contributed by atoms with E-state index in [9.17, 15) is 8.78 Å². The maximum Gasteiger partial charge on any atom is 0.187 e. The highest BCUT2D eigenvalue weighted by molar-refractivity contribution is 6.32. The normalized spacial score (nSPS) is 10.8. The number of hydrogen-bond acceptors (Lipinski definition) is 4. The Hall–Kier alpha value is -2.54. The summed E-state index contributed by atoms with van der Waals surface area (Å²) in [5.74, 6) is -0.745. The minimum Gasteiger partial charge on any atom is -0.396 e. The second kappa shape index (κ2) is 5.10. The average molecular weight is 308 g/mol. The van der Waals surface area contributed by atoms with Gasteiger partial charge in [-0.1, -0.05) is 11.6 Å². The maximum absolute atomic E-state index is 13.4. The molecule has 2 N–H and O–H groups in total. The van der Waals surface area contributed by atoms with Crippen molar-refractivity contribution in [3.63, 3.8) is 0 Å². The topological polar surface area (TPSA) is 69.6 Å². The molecule has 0 fully saturated rings. The Morgan fingerprint density at radius 3 is 2.67 bits per heavy atom. The molecule has 1 heterocycles. The van der Waals surface area contributed by atoms with Crippen LogP contribution in [0.1, 0.15) is 0 Å². The minimum atomic E-state index is -0.540. The number of benzene rings is 2. The molecule has 106 valence electrons. The van der Waals surface area contributed by atoms with Crippen LogP contribution in [0.15, 0.2) is 36.4 Å². The van der Waals surface area contributed by atoms with Crippen LogP contribution in [0.25, 0.3) is 17.1 Å². The van der Waals surface area contributed by atoms with E-state index < -0.39 is 11.6 Å². The number of halogens is 3. The first-order chi connectivity index (χ1) is 10.1. The van der Waals surface area contributed by atoms with Gasteiger partial charge in [0.15, 0.2) is 5.82 Å². The van der Waals surface area contributed by atoms with Crippen molar-refractivity contribution in [3.05, 3.63) is 53.1 Å². The lowest BCUT2D eigenvalue weighted by molar-refractivity contribution is 0.625. The standard InChI is InChI=1S/C13H8ClF2N5/c14-9-3-2-8(15)6-12(9)21-13(18-19-20-21)7-1-4-10(16)11(17)5-7/h1-6H,17H2. The molecule has 21 heavy (non-hydrogen) atoms. The number of nitrogen functional groups attached to an aromatic ring is 1. The van der Waals surface area contributed by atoms with Crippen LogP contribution in [0, 0.1) is 11.6 Å². The van der Waals surface area contributed by atoms with Crippen molar-refractivity contribution in [2.75, 3.05) is 5.73 Å².